The highest BCUT2D eigenvalue weighted by Crippen LogP contribution is 2.12. The summed E-state index contributed by atoms with van der Waals surface area (Å²) in [5.41, 5.74) is 0.676. The summed E-state index contributed by atoms with van der Waals surface area (Å²) >= 11 is 0. The Balaban J connectivity index is 2.90. The third kappa shape index (κ3) is 4.67. The van der Waals surface area contributed by atoms with E-state index in [1.165, 1.54) is 12.1 Å². The fourth-order valence-corrected chi connectivity index (χ4v) is 3.00. The van der Waals surface area contributed by atoms with Crippen molar-refractivity contribution in [1.29, 1.82) is 0 Å². The maximum atomic E-state index is 12.1. The number of sulfonamides is 1. The molecule has 0 atom stereocenters. The second kappa shape index (κ2) is 7.29. The maximum Gasteiger partial charge on any atom is 0.240 e. The van der Waals surface area contributed by atoms with Gasteiger partial charge in [-0.1, -0.05) is 25.7 Å². The Morgan fingerprint density at radius 1 is 1.21 bits per heavy atom. The Bertz CT molecular complexity index is 549. The van der Waals surface area contributed by atoms with E-state index in [4.69, 9.17) is 5.11 Å². The first-order valence-corrected chi connectivity index (χ1v) is 7.74. The maximum absolute atomic E-state index is 12.1. The first-order chi connectivity index (χ1) is 9.03. The van der Waals surface area contributed by atoms with Crippen LogP contribution in [-0.2, 0) is 10.0 Å². The molecule has 4 nitrogen and oxygen atoms in total. The normalized spacial score (nSPS) is 11.2. The predicted octanol–water partition coefficient (Wildman–Crippen LogP) is 1.50. The van der Waals surface area contributed by atoms with Crippen molar-refractivity contribution in [1.82, 2.24) is 4.72 Å². The minimum absolute atomic E-state index is 0.0427. The van der Waals surface area contributed by atoms with E-state index in [1.807, 2.05) is 13.8 Å². The standard InChI is InChI=1S/C14H19NO3S/c1-3-13(4-2)15-19(17,18)14-9-7-12(8-10-14)6-5-11-16/h7-10,13,15-16H,3-4,11H2,1-2H3. The summed E-state index contributed by atoms with van der Waals surface area (Å²) in [6.07, 6.45) is 1.52. The van der Waals surface area contributed by atoms with Gasteiger partial charge in [0.25, 0.3) is 0 Å². The van der Waals surface area contributed by atoms with E-state index in [1.54, 1.807) is 12.1 Å². The highest BCUT2D eigenvalue weighted by atomic mass is 32.2. The van der Waals surface area contributed by atoms with Crippen molar-refractivity contribution in [3.8, 4) is 11.8 Å². The van der Waals surface area contributed by atoms with E-state index in [-0.39, 0.29) is 17.5 Å². The molecular weight excluding hydrogens is 262 g/mol. The third-order valence-corrected chi connectivity index (χ3v) is 4.32. The molecule has 0 heterocycles. The van der Waals surface area contributed by atoms with Gasteiger partial charge in [-0.3, -0.25) is 0 Å². The molecule has 2 N–H and O–H groups in total. The van der Waals surface area contributed by atoms with Gasteiger partial charge in [0.05, 0.1) is 4.90 Å². The van der Waals surface area contributed by atoms with Gasteiger partial charge in [0, 0.05) is 11.6 Å². The predicted molar refractivity (Wildman–Crippen MR) is 75.1 cm³/mol. The lowest BCUT2D eigenvalue weighted by Crippen LogP contribution is -2.33. The number of rotatable bonds is 5. The molecule has 0 unspecified atom stereocenters. The van der Waals surface area contributed by atoms with Crippen LogP contribution in [-0.4, -0.2) is 26.2 Å². The van der Waals surface area contributed by atoms with Gasteiger partial charge in [-0.05, 0) is 37.1 Å². The van der Waals surface area contributed by atoms with E-state index in [0.717, 1.165) is 12.8 Å². The van der Waals surface area contributed by atoms with Gasteiger partial charge in [0.1, 0.15) is 6.61 Å². The van der Waals surface area contributed by atoms with Crippen molar-refractivity contribution in [2.45, 2.75) is 37.6 Å². The summed E-state index contributed by atoms with van der Waals surface area (Å²) in [6, 6.07) is 6.26. The third-order valence-electron chi connectivity index (χ3n) is 2.78. The molecule has 0 bridgehead atoms. The molecule has 0 fully saturated rings. The van der Waals surface area contributed by atoms with Crippen LogP contribution >= 0.6 is 0 Å². The number of aliphatic hydroxyl groups excluding tert-OH is 1. The molecule has 1 aromatic rings. The Kier molecular flexibility index (Phi) is 6.03. The Morgan fingerprint density at radius 3 is 2.26 bits per heavy atom. The average Bonchev–Trinajstić information content (AvgIpc) is 2.43. The van der Waals surface area contributed by atoms with Gasteiger partial charge in [-0.15, -0.1) is 0 Å². The van der Waals surface area contributed by atoms with Crippen molar-refractivity contribution in [3.05, 3.63) is 29.8 Å². The number of nitrogens with one attached hydrogen (secondary N) is 1. The Hall–Kier alpha value is -1.35. The van der Waals surface area contributed by atoms with Crippen molar-refractivity contribution in [3.63, 3.8) is 0 Å². The topological polar surface area (TPSA) is 66.4 Å². The fraction of sp³-hybridized carbons (Fsp3) is 0.429. The minimum atomic E-state index is -3.47. The zero-order valence-electron chi connectivity index (χ0n) is 11.2. The quantitative estimate of drug-likeness (QED) is 0.804. The highest BCUT2D eigenvalue weighted by Gasteiger charge is 2.17. The molecule has 0 aliphatic rings. The monoisotopic (exact) mass is 281 g/mol. The van der Waals surface area contributed by atoms with E-state index < -0.39 is 10.0 Å². The van der Waals surface area contributed by atoms with Crippen LogP contribution in [0, 0.1) is 11.8 Å². The van der Waals surface area contributed by atoms with Gasteiger partial charge >= 0.3 is 0 Å². The van der Waals surface area contributed by atoms with Gasteiger partial charge in [0.2, 0.25) is 10.0 Å². The van der Waals surface area contributed by atoms with E-state index in [9.17, 15) is 8.42 Å². The lowest BCUT2D eigenvalue weighted by Gasteiger charge is -2.14. The molecule has 104 valence electrons. The first-order valence-electron chi connectivity index (χ1n) is 6.25. The molecule has 0 saturated heterocycles. The molecule has 0 saturated carbocycles. The van der Waals surface area contributed by atoms with Crippen molar-refractivity contribution in [2.75, 3.05) is 6.61 Å². The highest BCUT2D eigenvalue weighted by molar-refractivity contribution is 7.89. The Morgan fingerprint density at radius 2 is 1.79 bits per heavy atom. The lowest BCUT2D eigenvalue weighted by molar-refractivity contribution is 0.350. The van der Waals surface area contributed by atoms with Gasteiger partial charge < -0.3 is 5.11 Å². The van der Waals surface area contributed by atoms with Gasteiger partial charge in [-0.25, -0.2) is 13.1 Å². The molecule has 0 aromatic heterocycles. The summed E-state index contributed by atoms with van der Waals surface area (Å²) in [5.74, 6) is 5.23. The van der Waals surface area contributed by atoms with Crippen molar-refractivity contribution in [2.24, 2.45) is 0 Å². The molecule has 0 aliphatic heterocycles. The molecule has 0 aliphatic carbocycles. The summed E-state index contributed by atoms with van der Waals surface area (Å²) in [5, 5.41) is 8.59. The van der Waals surface area contributed by atoms with Crippen LogP contribution in [0.15, 0.2) is 29.2 Å². The zero-order chi connectivity index (χ0) is 14.3. The van der Waals surface area contributed by atoms with Crippen LogP contribution in [0.5, 0.6) is 0 Å². The second-order valence-corrected chi connectivity index (χ2v) is 5.83. The van der Waals surface area contributed by atoms with Gasteiger partial charge in [-0.2, -0.15) is 0 Å². The second-order valence-electron chi connectivity index (χ2n) is 4.12. The number of hydrogen-bond acceptors (Lipinski definition) is 3. The molecule has 1 aromatic carbocycles. The molecular formula is C14H19NO3S. The SMILES string of the molecule is CCC(CC)NS(=O)(=O)c1ccc(C#CCO)cc1. The lowest BCUT2D eigenvalue weighted by atomic mass is 10.2. The largest absolute Gasteiger partial charge is 0.384 e. The first kappa shape index (κ1) is 15.7. The number of aliphatic hydroxyl groups is 1. The van der Waals surface area contributed by atoms with Crippen LogP contribution in [0.2, 0.25) is 0 Å². The van der Waals surface area contributed by atoms with Crippen LogP contribution in [0.3, 0.4) is 0 Å². The summed E-state index contributed by atoms with van der Waals surface area (Å²) in [7, 11) is -3.47. The average molecular weight is 281 g/mol. The van der Waals surface area contributed by atoms with Crippen molar-refractivity contribution >= 4 is 10.0 Å². The molecule has 0 amide bonds. The van der Waals surface area contributed by atoms with E-state index >= 15 is 0 Å². The summed E-state index contributed by atoms with van der Waals surface area (Å²) < 4.78 is 26.9. The number of benzene rings is 1. The molecule has 19 heavy (non-hydrogen) atoms. The molecule has 0 radical (unpaired) electrons. The minimum Gasteiger partial charge on any atom is -0.384 e. The van der Waals surface area contributed by atoms with E-state index in [0.29, 0.717) is 5.56 Å². The molecule has 1 rings (SSSR count). The zero-order valence-corrected chi connectivity index (χ0v) is 12.0. The van der Waals surface area contributed by atoms with Crippen LogP contribution in [0.4, 0.5) is 0 Å². The Labute approximate surface area is 114 Å². The fourth-order valence-electron chi connectivity index (χ4n) is 1.60. The van der Waals surface area contributed by atoms with Crippen LogP contribution in [0.1, 0.15) is 32.3 Å². The summed E-state index contributed by atoms with van der Waals surface area (Å²) in [4.78, 5) is 0.231. The number of hydrogen-bond donors (Lipinski definition) is 2. The van der Waals surface area contributed by atoms with Gasteiger partial charge in [0.15, 0.2) is 0 Å². The smallest absolute Gasteiger partial charge is 0.240 e. The summed E-state index contributed by atoms with van der Waals surface area (Å²) in [6.45, 7) is 3.69. The molecule has 5 heteroatoms. The molecule has 0 spiro atoms. The van der Waals surface area contributed by atoms with E-state index in [2.05, 4.69) is 16.6 Å². The van der Waals surface area contributed by atoms with Crippen LogP contribution in [0.25, 0.3) is 0 Å². The van der Waals surface area contributed by atoms with Crippen molar-refractivity contribution < 1.29 is 13.5 Å². The van der Waals surface area contributed by atoms with Crippen LogP contribution < -0.4 is 4.72 Å².